The first-order valence-electron chi connectivity index (χ1n) is 8.86. The molecule has 24 heavy (non-hydrogen) atoms. The molecule has 0 aromatic rings. The second kappa shape index (κ2) is 5.37. The van der Waals surface area contributed by atoms with Crippen LogP contribution in [-0.4, -0.2) is 33.5 Å². The molecule has 3 aliphatic carbocycles. The van der Waals surface area contributed by atoms with E-state index in [1.54, 1.807) is 26.8 Å². The van der Waals surface area contributed by atoms with Crippen molar-refractivity contribution in [1.29, 1.82) is 0 Å². The number of allylic oxidation sites excluding steroid dienone is 1. The van der Waals surface area contributed by atoms with Gasteiger partial charge in [-0.25, -0.2) is 0 Å². The molecule has 0 heterocycles. The summed E-state index contributed by atoms with van der Waals surface area (Å²) in [6.45, 7) is 9.57. The highest BCUT2D eigenvalue weighted by atomic mass is 16.3. The van der Waals surface area contributed by atoms with Gasteiger partial charge in [-0.15, -0.1) is 0 Å². The number of aliphatic hydroxyl groups is 2. The zero-order valence-corrected chi connectivity index (χ0v) is 15.2. The Labute approximate surface area is 143 Å². The molecule has 0 aliphatic heterocycles. The third kappa shape index (κ3) is 2.42. The van der Waals surface area contributed by atoms with Crippen LogP contribution in [0.1, 0.15) is 47.5 Å². The van der Waals surface area contributed by atoms with E-state index in [9.17, 15) is 19.8 Å². The Morgan fingerprint density at radius 2 is 1.79 bits per heavy atom. The summed E-state index contributed by atoms with van der Waals surface area (Å²) in [6, 6.07) is 0. The third-order valence-corrected chi connectivity index (χ3v) is 6.68. The maximum absolute atomic E-state index is 13.0. The minimum atomic E-state index is -1.68. The molecule has 2 saturated carbocycles. The number of aliphatic hydroxyl groups excluding tert-OH is 1. The second-order valence-electron chi connectivity index (χ2n) is 8.70. The SMILES string of the molecule is C/C1=C\[C@@H]2[C@H](C[C@@H](O)/C(C)=C/[C@H]3C(=O)[C@@H](C)C[C@]3(O)C1=O)C2(C)C. The molecule has 0 bridgehead atoms. The number of rotatable bonds is 0. The monoisotopic (exact) mass is 332 g/mol. The molecule has 0 unspecified atom stereocenters. The van der Waals surface area contributed by atoms with Gasteiger partial charge in [-0.05, 0) is 55.1 Å². The Hall–Kier alpha value is -1.26. The smallest absolute Gasteiger partial charge is 0.190 e. The summed E-state index contributed by atoms with van der Waals surface area (Å²) >= 11 is 0. The Kier molecular flexibility index (Phi) is 3.93. The van der Waals surface area contributed by atoms with Gasteiger partial charge in [-0.1, -0.05) is 32.9 Å². The van der Waals surface area contributed by atoms with Crippen molar-refractivity contribution in [2.45, 2.75) is 59.2 Å². The first-order valence-corrected chi connectivity index (χ1v) is 8.86. The summed E-state index contributed by atoms with van der Waals surface area (Å²) in [6.07, 6.45) is 3.71. The maximum atomic E-state index is 13.0. The lowest BCUT2D eigenvalue weighted by atomic mass is 9.81. The predicted octanol–water partition coefficient (Wildman–Crippen LogP) is 2.44. The molecule has 4 nitrogen and oxygen atoms in total. The Morgan fingerprint density at radius 1 is 1.17 bits per heavy atom. The van der Waals surface area contributed by atoms with Crippen LogP contribution in [0.3, 0.4) is 0 Å². The van der Waals surface area contributed by atoms with Crippen molar-refractivity contribution in [3.05, 3.63) is 23.3 Å². The van der Waals surface area contributed by atoms with E-state index < -0.39 is 17.6 Å². The summed E-state index contributed by atoms with van der Waals surface area (Å²) in [5.41, 5.74) is -0.429. The van der Waals surface area contributed by atoms with Crippen LogP contribution in [0.2, 0.25) is 0 Å². The van der Waals surface area contributed by atoms with Crippen molar-refractivity contribution in [1.82, 2.24) is 0 Å². The summed E-state index contributed by atoms with van der Waals surface area (Å²) in [7, 11) is 0. The first-order chi connectivity index (χ1) is 11.0. The topological polar surface area (TPSA) is 74.6 Å². The standard InChI is InChI=1S/C20H28O4/c1-10-6-15-17(22)12(3)9-20(15,24)18(23)11(2)7-13-14(8-16(10)21)19(13,4)5/h6-7,12-16,21,24H,8-9H2,1-5H3/b10-6+,11-7+/t12-,13+,14-,15-,16+,20+/m0/s1. The third-order valence-electron chi connectivity index (χ3n) is 6.68. The fourth-order valence-corrected chi connectivity index (χ4v) is 4.74. The van der Waals surface area contributed by atoms with E-state index >= 15 is 0 Å². The van der Waals surface area contributed by atoms with Crippen molar-refractivity contribution in [3.63, 3.8) is 0 Å². The van der Waals surface area contributed by atoms with Crippen LogP contribution in [0.25, 0.3) is 0 Å². The minimum absolute atomic E-state index is 0.0444. The first kappa shape index (κ1) is 17.6. The van der Waals surface area contributed by atoms with Crippen LogP contribution in [0, 0.1) is 29.1 Å². The number of fused-ring (bicyclic) bond motifs is 2. The predicted molar refractivity (Wildman–Crippen MR) is 91.1 cm³/mol. The highest BCUT2D eigenvalue weighted by molar-refractivity contribution is 6.07. The van der Waals surface area contributed by atoms with E-state index in [0.717, 1.165) is 0 Å². The Bertz CT molecular complexity index is 657. The number of ketones is 2. The molecule has 2 N–H and O–H groups in total. The highest BCUT2D eigenvalue weighted by Crippen LogP contribution is 2.62. The van der Waals surface area contributed by atoms with E-state index in [1.165, 1.54) is 0 Å². The quantitative estimate of drug-likeness (QED) is 0.668. The Balaban J connectivity index is 2.09. The minimum Gasteiger partial charge on any atom is -0.389 e. The van der Waals surface area contributed by atoms with Gasteiger partial charge in [0.2, 0.25) is 0 Å². The molecular formula is C20H28O4. The van der Waals surface area contributed by atoms with Gasteiger partial charge < -0.3 is 10.2 Å². The average molecular weight is 332 g/mol. The number of hydrogen-bond acceptors (Lipinski definition) is 4. The molecule has 0 aromatic carbocycles. The van der Waals surface area contributed by atoms with Gasteiger partial charge in [-0.3, -0.25) is 9.59 Å². The maximum Gasteiger partial charge on any atom is 0.190 e. The van der Waals surface area contributed by atoms with E-state index in [0.29, 0.717) is 23.5 Å². The van der Waals surface area contributed by atoms with E-state index in [1.807, 2.05) is 6.08 Å². The molecule has 132 valence electrons. The molecule has 4 heteroatoms. The number of hydrogen-bond donors (Lipinski definition) is 2. The van der Waals surface area contributed by atoms with E-state index in [4.69, 9.17) is 0 Å². The number of carbonyl (C=O) groups is 2. The average Bonchev–Trinajstić information content (AvgIpc) is 2.91. The lowest BCUT2D eigenvalue weighted by Gasteiger charge is -2.27. The number of carbonyl (C=O) groups excluding carboxylic acids is 2. The van der Waals surface area contributed by atoms with Crippen molar-refractivity contribution in [2.24, 2.45) is 29.1 Å². The molecule has 0 aromatic heterocycles. The van der Waals surface area contributed by atoms with Gasteiger partial charge in [0.15, 0.2) is 5.78 Å². The Morgan fingerprint density at radius 3 is 2.42 bits per heavy atom. The highest BCUT2D eigenvalue weighted by Gasteiger charge is 2.59. The molecule has 0 radical (unpaired) electrons. The molecule has 0 saturated heterocycles. The largest absolute Gasteiger partial charge is 0.389 e. The fraction of sp³-hybridized carbons (Fsp3) is 0.700. The van der Waals surface area contributed by atoms with Gasteiger partial charge in [0, 0.05) is 5.92 Å². The van der Waals surface area contributed by atoms with E-state index in [-0.39, 0.29) is 35.2 Å². The lowest BCUT2D eigenvalue weighted by molar-refractivity contribution is -0.138. The van der Waals surface area contributed by atoms with Gasteiger partial charge >= 0.3 is 0 Å². The van der Waals surface area contributed by atoms with Gasteiger partial charge in [0.1, 0.15) is 11.4 Å². The molecule has 3 aliphatic rings. The van der Waals surface area contributed by atoms with Gasteiger partial charge in [0.05, 0.1) is 12.0 Å². The molecule has 3 rings (SSSR count). The van der Waals surface area contributed by atoms with Crippen LogP contribution < -0.4 is 0 Å². The second-order valence-corrected chi connectivity index (χ2v) is 8.70. The zero-order valence-electron chi connectivity index (χ0n) is 15.2. The molecule has 2 fully saturated rings. The number of Topliss-reactive ketones (excluding diaryl/α,β-unsaturated/α-hetero) is 2. The van der Waals surface area contributed by atoms with Crippen LogP contribution in [0.5, 0.6) is 0 Å². The van der Waals surface area contributed by atoms with Gasteiger partial charge in [-0.2, -0.15) is 0 Å². The summed E-state index contributed by atoms with van der Waals surface area (Å²) in [4.78, 5) is 25.5. The van der Waals surface area contributed by atoms with Crippen LogP contribution >= 0.6 is 0 Å². The lowest BCUT2D eigenvalue weighted by Crippen LogP contribution is -2.44. The molecule has 6 atom stereocenters. The van der Waals surface area contributed by atoms with Crippen LogP contribution in [0.15, 0.2) is 23.3 Å². The van der Waals surface area contributed by atoms with Crippen molar-refractivity contribution >= 4 is 11.6 Å². The summed E-state index contributed by atoms with van der Waals surface area (Å²) in [5, 5.41) is 21.6. The van der Waals surface area contributed by atoms with E-state index in [2.05, 4.69) is 13.8 Å². The van der Waals surface area contributed by atoms with Crippen molar-refractivity contribution in [2.75, 3.05) is 0 Å². The van der Waals surface area contributed by atoms with Crippen molar-refractivity contribution < 1.29 is 19.8 Å². The zero-order chi connectivity index (χ0) is 18.0. The molecule has 0 amide bonds. The molecule has 0 spiro atoms. The fourth-order valence-electron chi connectivity index (χ4n) is 4.74. The van der Waals surface area contributed by atoms with Crippen molar-refractivity contribution in [3.8, 4) is 0 Å². The van der Waals surface area contributed by atoms with Crippen LogP contribution in [0.4, 0.5) is 0 Å². The van der Waals surface area contributed by atoms with Gasteiger partial charge in [0.25, 0.3) is 0 Å². The van der Waals surface area contributed by atoms with Crippen LogP contribution in [-0.2, 0) is 9.59 Å². The summed E-state index contributed by atoms with van der Waals surface area (Å²) in [5.74, 6) is -1.15. The normalized spacial score (nSPS) is 49.2. The summed E-state index contributed by atoms with van der Waals surface area (Å²) < 4.78 is 0. The molecular weight excluding hydrogens is 304 g/mol.